The summed E-state index contributed by atoms with van der Waals surface area (Å²) in [5, 5.41) is 17.4. The van der Waals surface area contributed by atoms with Crippen LogP contribution in [0.3, 0.4) is 0 Å². The third-order valence-electron chi connectivity index (χ3n) is 3.18. The Balaban J connectivity index is 1.69. The van der Waals surface area contributed by atoms with Crippen molar-refractivity contribution in [2.24, 2.45) is 0 Å². The third-order valence-corrected chi connectivity index (χ3v) is 4.09. The lowest BCUT2D eigenvalue weighted by Crippen LogP contribution is -2.31. The fraction of sp³-hybridized carbons (Fsp3) is 0.375. The SMILES string of the molecule is Cc1cscc1CNCC(O)COc1ccccc1C. The minimum absolute atomic E-state index is 0.306. The monoisotopic (exact) mass is 291 g/mol. The molecule has 0 aliphatic carbocycles. The normalized spacial score (nSPS) is 12.3. The van der Waals surface area contributed by atoms with Crippen LogP contribution >= 0.6 is 11.3 Å². The van der Waals surface area contributed by atoms with Crippen LogP contribution in [0.5, 0.6) is 5.75 Å². The minimum Gasteiger partial charge on any atom is -0.491 e. The number of rotatable bonds is 7. The van der Waals surface area contributed by atoms with E-state index < -0.39 is 6.10 Å². The average molecular weight is 291 g/mol. The van der Waals surface area contributed by atoms with E-state index >= 15 is 0 Å². The van der Waals surface area contributed by atoms with Gasteiger partial charge in [0, 0.05) is 13.1 Å². The molecule has 0 radical (unpaired) electrons. The standard InChI is InChI=1S/C16H21NO2S/c1-12-5-3-4-6-16(12)19-9-15(18)8-17-7-14-11-20-10-13(14)2/h3-6,10-11,15,17-18H,7-9H2,1-2H3. The number of ether oxygens (including phenoxy) is 1. The average Bonchev–Trinajstić information content (AvgIpc) is 2.84. The van der Waals surface area contributed by atoms with Crippen molar-refractivity contribution in [2.45, 2.75) is 26.5 Å². The molecular weight excluding hydrogens is 270 g/mol. The highest BCUT2D eigenvalue weighted by molar-refractivity contribution is 7.08. The second-order valence-corrected chi connectivity index (χ2v) is 5.68. The molecule has 0 amide bonds. The molecule has 2 N–H and O–H groups in total. The highest BCUT2D eigenvalue weighted by atomic mass is 32.1. The van der Waals surface area contributed by atoms with Gasteiger partial charge in [0.15, 0.2) is 0 Å². The van der Waals surface area contributed by atoms with Gasteiger partial charge in [-0.2, -0.15) is 11.3 Å². The summed E-state index contributed by atoms with van der Waals surface area (Å²) in [7, 11) is 0. The molecule has 0 aliphatic rings. The van der Waals surface area contributed by atoms with Crippen molar-refractivity contribution in [3.8, 4) is 5.75 Å². The third kappa shape index (κ3) is 4.34. The highest BCUT2D eigenvalue weighted by Crippen LogP contribution is 2.16. The predicted molar refractivity (Wildman–Crippen MR) is 83.4 cm³/mol. The molecule has 108 valence electrons. The summed E-state index contributed by atoms with van der Waals surface area (Å²) in [6, 6.07) is 7.83. The Bertz CT molecular complexity index is 539. The van der Waals surface area contributed by atoms with Gasteiger partial charge >= 0.3 is 0 Å². The van der Waals surface area contributed by atoms with Gasteiger partial charge in [-0.15, -0.1) is 0 Å². The Hall–Kier alpha value is -1.36. The van der Waals surface area contributed by atoms with Gasteiger partial charge in [-0.25, -0.2) is 0 Å². The summed E-state index contributed by atoms with van der Waals surface area (Å²) < 4.78 is 5.62. The molecule has 1 aromatic carbocycles. The molecule has 0 aliphatic heterocycles. The summed E-state index contributed by atoms with van der Waals surface area (Å²) in [5.41, 5.74) is 3.68. The molecule has 2 rings (SSSR count). The summed E-state index contributed by atoms with van der Waals surface area (Å²) in [6.07, 6.45) is -0.506. The number of aryl methyl sites for hydroxylation is 2. The fourth-order valence-corrected chi connectivity index (χ4v) is 2.76. The number of thiophene rings is 1. The lowest BCUT2D eigenvalue weighted by atomic mass is 10.2. The van der Waals surface area contributed by atoms with Crippen molar-refractivity contribution in [1.82, 2.24) is 5.32 Å². The molecule has 3 nitrogen and oxygen atoms in total. The second-order valence-electron chi connectivity index (χ2n) is 4.94. The van der Waals surface area contributed by atoms with Crippen LogP contribution in [0, 0.1) is 13.8 Å². The quantitative estimate of drug-likeness (QED) is 0.824. The molecule has 0 spiro atoms. The number of benzene rings is 1. The molecule has 0 saturated carbocycles. The first-order valence-electron chi connectivity index (χ1n) is 6.75. The lowest BCUT2D eigenvalue weighted by Gasteiger charge is -2.14. The molecule has 0 fully saturated rings. The first-order chi connectivity index (χ1) is 9.66. The van der Waals surface area contributed by atoms with Crippen molar-refractivity contribution in [3.05, 3.63) is 51.7 Å². The Labute approximate surface area is 124 Å². The van der Waals surface area contributed by atoms with Crippen molar-refractivity contribution in [1.29, 1.82) is 0 Å². The van der Waals surface area contributed by atoms with Crippen molar-refractivity contribution < 1.29 is 9.84 Å². The van der Waals surface area contributed by atoms with Gasteiger partial charge in [0.2, 0.25) is 0 Å². The molecule has 0 saturated heterocycles. The Morgan fingerprint density at radius 2 is 2.00 bits per heavy atom. The molecule has 1 aromatic heterocycles. The van der Waals surface area contributed by atoms with Crippen LogP contribution in [-0.4, -0.2) is 24.4 Å². The number of nitrogens with one attached hydrogen (secondary N) is 1. The Morgan fingerprint density at radius 3 is 2.70 bits per heavy atom. The maximum absolute atomic E-state index is 9.91. The van der Waals surface area contributed by atoms with Crippen LogP contribution in [0.15, 0.2) is 35.0 Å². The topological polar surface area (TPSA) is 41.5 Å². The van der Waals surface area contributed by atoms with Gasteiger partial charge in [-0.05, 0) is 47.4 Å². The number of aliphatic hydroxyl groups excluding tert-OH is 1. The first-order valence-corrected chi connectivity index (χ1v) is 7.70. The van der Waals surface area contributed by atoms with Gasteiger partial charge < -0.3 is 15.2 Å². The predicted octanol–water partition coefficient (Wildman–Crippen LogP) is 2.89. The summed E-state index contributed by atoms with van der Waals surface area (Å²) in [5.74, 6) is 0.834. The van der Waals surface area contributed by atoms with E-state index in [9.17, 15) is 5.11 Å². The largest absolute Gasteiger partial charge is 0.491 e. The van der Waals surface area contributed by atoms with Gasteiger partial charge in [-0.1, -0.05) is 18.2 Å². The summed E-state index contributed by atoms with van der Waals surface area (Å²) in [6.45, 7) is 5.73. The van der Waals surface area contributed by atoms with Crippen LogP contribution in [0.25, 0.3) is 0 Å². The number of hydrogen-bond donors (Lipinski definition) is 2. The Kier molecular flexibility index (Phi) is 5.59. The van der Waals surface area contributed by atoms with Crippen LogP contribution in [0.1, 0.15) is 16.7 Å². The molecule has 2 aromatic rings. The Morgan fingerprint density at radius 1 is 1.20 bits per heavy atom. The van der Waals surface area contributed by atoms with Gasteiger partial charge in [-0.3, -0.25) is 0 Å². The van der Waals surface area contributed by atoms with Crippen LogP contribution in [0.2, 0.25) is 0 Å². The van der Waals surface area contributed by atoms with Crippen LogP contribution < -0.4 is 10.1 Å². The van der Waals surface area contributed by atoms with E-state index in [0.717, 1.165) is 17.9 Å². The van der Waals surface area contributed by atoms with Gasteiger partial charge in [0.1, 0.15) is 18.5 Å². The molecule has 20 heavy (non-hydrogen) atoms. The lowest BCUT2D eigenvalue weighted by molar-refractivity contribution is 0.106. The molecule has 4 heteroatoms. The van der Waals surface area contributed by atoms with Gasteiger partial charge in [0.25, 0.3) is 0 Å². The van der Waals surface area contributed by atoms with Crippen molar-refractivity contribution in [3.63, 3.8) is 0 Å². The molecule has 1 atom stereocenters. The van der Waals surface area contributed by atoms with E-state index in [1.54, 1.807) is 11.3 Å². The maximum atomic E-state index is 9.91. The van der Waals surface area contributed by atoms with Crippen LogP contribution in [0.4, 0.5) is 0 Å². The first kappa shape index (κ1) is 15.0. The maximum Gasteiger partial charge on any atom is 0.122 e. The number of hydrogen-bond acceptors (Lipinski definition) is 4. The second kappa shape index (κ2) is 7.43. The zero-order chi connectivity index (χ0) is 14.4. The van der Waals surface area contributed by atoms with Crippen molar-refractivity contribution in [2.75, 3.05) is 13.2 Å². The molecule has 1 unspecified atom stereocenters. The highest BCUT2D eigenvalue weighted by Gasteiger charge is 2.07. The summed E-state index contributed by atoms with van der Waals surface area (Å²) in [4.78, 5) is 0. The van der Waals surface area contributed by atoms with Crippen LogP contribution in [-0.2, 0) is 6.54 Å². The van der Waals surface area contributed by atoms with E-state index in [4.69, 9.17) is 4.74 Å². The molecule has 1 heterocycles. The van der Waals surface area contributed by atoms with E-state index in [2.05, 4.69) is 23.0 Å². The van der Waals surface area contributed by atoms with E-state index in [1.165, 1.54) is 11.1 Å². The van der Waals surface area contributed by atoms with Crippen molar-refractivity contribution >= 4 is 11.3 Å². The molecular formula is C16H21NO2S. The number of para-hydroxylation sites is 1. The molecule has 0 bridgehead atoms. The zero-order valence-electron chi connectivity index (χ0n) is 11.9. The zero-order valence-corrected chi connectivity index (χ0v) is 12.7. The summed E-state index contributed by atoms with van der Waals surface area (Å²) >= 11 is 1.71. The fourth-order valence-electron chi connectivity index (χ4n) is 1.90. The smallest absolute Gasteiger partial charge is 0.122 e. The number of aliphatic hydroxyl groups is 1. The van der Waals surface area contributed by atoms with E-state index in [0.29, 0.717) is 13.2 Å². The van der Waals surface area contributed by atoms with E-state index in [1.807, 2.05) is 31.2 Å². The van der Waals surface area contributed by atoms with E-state index in [-0.39, 0.29) is 0 Å². The van der Waals surface area contributed by atoms with Gasteiger partial charge in [0.05, 0.1) is 0 Å². The minimum atomic E-state index is -0.506.